The van der Waals surface area contributed by atoms with Gasteiger partial charge in [0.05, 0.1) is 0 Å². The van der Waals surface area contributed by atoms with Crippen LogP contribution in [0.3, 0.4) is 0 Å². The Balaban J connectivity index is 1.86. The van der Waals surface area contributed by atoms with Crippen molar-refractivity contribution in [1.82, 2.24) is 10.2 Å². The molecule has 0 aliphatic rings. The maximum atomic E-state index is 12.7. The lowest BCUT2D eigenvalue weighted by atomic mass is 10.2. The molecule has 0 atom stereocenters. The fourth-order valence-electron chi connectivity index (χ4n) is 1.26. The van der Waals surface area contributed by atoms with Crippen LogP contribution in [-0.4, -0.2) is 16.0 Å². The van der Waals surface area contributed by atoms with Crippen molar-refractivity contribution in [1.29, 1.82) is 0 Å². The first kappa shape index (κ1) is 14.3. The van der Waals surface area contributed by atoms with E-state index in [1.54, 1.807) is 12.1 Å². The molecular weight excluding hydrogens is 305 g/mol. The molecule has 0 spiro atoms. The van der Waals surface area contributed by atoms with Gasteiger partial charge in [-0.05, 0) is 17.7 Å². The lowest BCUT2D eigenvalue weighted by Crippen LogP contribution is -1.98. The molecule has 0 bridgehead atoms. The Morgan fingerprint density at radius 1 is 1.37 bits per heavy atom. The molecule has 0 fully saturated rings. The predicted octanol–water partition coefficient (Wildman–Crippen LogP) is 4.13. The predicted molar refractivity (Wildman–Crippen MR) is 79.4 cm³/mol. The van der Waals surface area contributed by atoms with Gasteiger partial charge in [0.1, 0.15) is 5.82 Å². The van der Waals surface area contributed by atoms with Gasteiger partial charge in [0, 0.05) is 17.3 Å². The number of nitrogens with one attached hydrogen (secondary N) is 1. The Bertz CT molecular complexity index is 556. The van der Waals surface area contributed by atoms with Gasteiger partial charge in [0.15, 0.2) is 4.34 Å². The van der Waals surface area contributed by atoms with E-state index in [0.717, 1.165) is 15.0 Å². The largest absolute Gasteiger partial charge is 0.356 e. The van der Waals surface area contributed by atoms with Gasteiger partial charge in [-0.25, -0.2) is 4.39 Å². The van der Waals surface area contributed by atoms with E-state index in [1.165, 1.54) is 35.2 Å². The molecule has 0 saturated carbocycles. The van der Waals surface area contributed by atoms with E-state index in [1.807, 2.05) is 0 Å². The Morgan fingerprint density at radius 3 is 2.79 bits per heavy atom. The number of rotatable bonds is 6. The lowest BCUT2D eigenvalue weighted by Gasteiger charge is -2.01. The van der Waals surface area contributed by atoms with Crippen LogP contribution in [0.25, 0.3) is 0 Å². The number of aromatic nitrogens is 2. The van der Waals surface area contributed by atoms with Gasteiger partial charge in [0.25, 0.3) is 0 Å². The summed E-state index contributed by atoms with van der Waals surface area (Å²) in [5.41, 5.74) is 0.986. The van der Waals surface area contributed by atoms with E-state index in [4.69, 9.17) is 11.6 Å². The summed E-state index contributed by atoms with van der Waals surface area (Å²) in [6.07, 6.45) is 0. The van der Waals surface area contributed by atoms with Gasteiger partial charge in [-0.15, -0.1) is 10.2 Å². The minimum absolute atomic E-state index is 0.236. The van der Waals surface area contributed by atoms with Crippen molar-refractivity contribution in [3.63, 3.8) is 0 Å². The maximum Gasteiger partial charge on any atom is 0.206 e. The minimum Gasteiger partial charge on any atom is -0.356 e. The summed E-state index contributed by atoms with van der Waals surface area (Å²) in [5.74, 6) is 0.383. The molecular formula is C12H11ClFN3S2. The lowest BCUT2D eigenvalue weighted by molar-refractivity contribution is 0.627. The molecule has 1 aromatic carbocycles. The topological polar surface area (TPSA) is 37.8 Å². The van der Waals surface area contributed by atoms with Crippen LogP contribution >= 0.6 is 34.7 Å². The monoisotopic (exact) mass is 315 g/mol. The van der Waals surface area contributed by atoms with Crippen molar-refractivity contribution < 1.29 is 4.39 Å². The Hall–Kier alpha value is -1.11. The van der Waals surface area contributed by atoms with E-state index in [0.29, 0.717) is 17.3 Å². The van der Waals surface area contributed by atoms with Crippen molar-refractivity contribution in [2.75, 3.05) is 11.1 Å². The fraction of sp³-hybridized carbons (Fsp3) is 0.167. The third kappa shape index (κ3) is 4.81. The zero-order chi connectivity index (χ0) is 13.7. The average molecular weight is 316 g/mol. The first-order valence-corrected chi connectivity index (χ1v) is 7.59. The molecule has 100 valence electrons. The van der Waals surface area contributed by atoms with E-state index < -0.39 is 0 Å². The van der Waals surface area contributed by atoms with Gasteiger partial charge in [-0.2, -0.15) is 0 Å². The van der Waals surface area contributed by atoms with Crippen LogP contribution in [0, 0.1) is 5.82 Å². The second-order valence-electron chi connectivity index (χ2n) is 3.66. The normalized spacial score (nSPS) is 10.4. The quantitative estimate of drug-likeness (QED) is 0.813. The SMILES string of the molecule is C=C(Cl)CSc1nnc(NCc2ccc(F)cc2)s1. The van der Waals surface area contributed by atoms with Crippen molar-refractivity contribution >= 4 is 39.8 Å². The molecule has 0 radical (unpaired) electrons. The molecule has 0 aliphatic heterocycles. The Labute approximate surface area is 123 Å². The molecule has 0 unspecified atom stereocenters. The fourth-order valence-corrected chi connectivity index (χ4v) is 2.92. The smallest absolute Gasteiger partial charge is 0.206 e. The van der Waals surface area contributed by atoms with Crippen molar-refractivity contribution in [3.05, 3.63) is 47.3 Å². The molecule has 2 aromatic rings. The summed E-state index contributed by atoms with van der Waals surface area (Å²) in [7, 11) is 0. The summed E-state index contributed by atoms with van der Waals surface area (Å²) >= 11 is 8.63. The number of hydrogen-bond acceptors (Lipinski definition) is 5. The zero-order valence-corrected chi connectivity index (χ0v) is 12.3. The molecule has 0 saturated heterocycles. The van der Waals surface area contributed by atoms with Crippen molar-refractivity contribution in [2.24, 2.45) is 0 Å². The first-order valence-electron chi connectivity index (χ1n) is 5.41. The second kappa shape index (κ2) is 6.88. The molecule has 19 heavy (non-hydrogen) atoms. The Morgan fingerprint density at radius 2 is 2.11 bits per heavy atom. The van der Waals surface area contributed by atoms with E-state index in [9.17, 15) is 4.39 Å². The van der Waals surface area contributed by atoms with Crippen LogP contribution in [0.5, 0.6) is 0 Å². The number of thioether (sulfide) groups is 1. The van der Waals surface area contributed by atoms with Gasteiger partial charge >= 0.3 is 0 Å². The van der Waals surface area contributed by atoms with E-state index >= 15 is 0 Å². The molecule has 2 rings (SSSR count). The highest BCUT2D eigenvalue weighted by Crippen LogP contribution is 2.27. The molecule has 1 heterocycles. The highest BCUT2D eigenvalue weighted by atomic mass is 35.5. The molecule has 3 nitrogen and oxygen atoms in total. The van der Waals surface area contributed by atoms with E-state index in [-0.39, 0.29) is 5.82 Å². The zero-order valence-electron chi connectivity index (χ0n) is 9.90. The number of anilines is 1. The van der Waals surface area contributed by atoms with E-state index in [2.05, 4.69) is 22.1 Å². The van der Waals surface area contributed by atoms with Crippen LogP contribution in [-0.2, 0) is 6.54 Å². The van der Waals surface area contributed by atoms with Gasteiger partial charge in [0.2, 0.25) is 5.13 Å². The average Bonchev–Trinajstić information content (AvgIpc) is 2.84. The van der Waals surface area contributed by atoms with Crippen molar-refractivity contribution in [3.8, 4) is 0 Å². The summed E-state index contributed by atoms with van der Waals surface area (Å²) in [5, 5.41) is 12.5. The highest BCUT2D eigenvalue weighted by molar-refractivity contribution is 8.01. The van der Waals surface area contributed by atoms with Crippen LogP contribution in [0.1, 0.15) is 5.56 Å². The summed E-state index contributed by atoms with van der Waals surface area (Å²) in [4.78, 5) is 0. The van der Waals surface area contributed by atoms with Crippen LogP contribution in [0.2, 0.25) is 0 Å². The second-order valence-corrected chi connectivity index (χ2v) is 6.39. The van der Waals surface area contributed by atoms with Crippen LogP contribution in [0.4, 0.5) is 9.52 Å². The molecule has 0 amide bonds. The molecule has 1 aromatic heterocycles. The summed E-state index contributed by atoms with van der Waals surface area (Å²) < 4.78 is 13.6. The highest BCUT2D eigenvalue weighted by Gasteiger charge is 2.05. The number of halogens is 2. The van der Waals surface area contributed by atoms with Gasteiger partial charge in [-0.3, -0.25) is 0 Å². The van der Waals surface area contributed by atoms with Gasteiger partial charge < -0.3 is 5.32 Å². The molecule has 0 aliphatic carbocycles. The third-order valence-electron chi connectivity index (χ3n) is 2.12. The summed E-state index contributed by atoms with van der Waals surface area (Å²) in [6, 6.07) is 6.34. The van der Waals surface area contributed by atoms with Gasteiger partial charge in [-0.1, -0.05) is 53.4 Å². The Kier molecular flexibility index (Phi) is 5.18. The van der Waals surface area contributed by atoms with Crippen LogP contribution < -0.4 is 5.32 Å². The standard InChI is InChI=1S/C12H11ClFN3S2/c1-8(13)7-18-12-17-16-11(19-12)15-6-9-2-4-10(14)5-3-9/h2-5H,1,6-7H2,(H,15,16). The maximum absolute atomic E-state index is 12.7. The minimum atomic E-state index is -0.236. The molecule has 1 N–H and O–H groups in total. The number of hydrogen-bond donors (Lipinski definition) is 1. The van der Waals surface area contributed by atoms with Crippen LogP contribution in [0.15, 0.2) is 40.2 Å². The van der Waals surface area contributed by atoms with Crippen molar-refractivity contribution in [2.45, 2.75) is 10.9 Å². The third-order valence-corrected chi connectivity index (χ3v) is 4.51. The first-order chi connectivity index (χ1) is 9.13. The molecule has 7 heteroatoms. The number of benzene rings is 1. The number of nitrogens with zero attached hydrogens (tertiary/aromatic N) is 2. The summed E-state index contributed by atoms with van der Waals surface area (Å²) in [6.45, 7) is 4.20.